The van der Waals surface area contributed by atoms with Crippen LogP contribution in [0.1, 0.15) is 21.5 Å². The monoisotopic (exact) mass is 287 g/mol. The van der Waals surface area contributed by atoms with Gasteiger partial charge in [0.25, 0.3) is 5.91 Å². The Hall–Kier alpha value is -2.18. The van der Waals surface area contributed by atoms with Crippen molar-refractivity contribution >= 4 is 11.9 Å². The van der Waals surface area contributed by atoms with Crippen LogP contribution >= 0.6 is 0 Å². The number of alkyl halides is 2. The zero-order valence-electron chi connectivity index (χ0n) is 11.3. The summed E-state index contributed by atoms with van der Waals surface area (Å²) in [5, 5.41) is 8.63. The van der Waals surface area contributed by atoms with Crippen molar-refractivity contribution < 1.29 is 28.2 Å². The van der Waals surface area contributed by atoms with Crippen molar-refractivity contribution in [3.05, 3.63) is 28.8 Å². The first-order chi connectivity index (χ1) is 9.22. The van der Waals surface area contributed by atoms with E-state index in [0.717, 1.165) is 4.90 Å². The van der Waals surface area contributed by atoms with E-state index in [2.05, 4.69) is 4.74 Å². The van der Waals surface area contributed by atoms with Gasteiger partial charge in [-0.05, 0) is 37.1 Å². The van der Waals surface area contributed by atoms with Crippen molar-refractivity contribution in [2.45, 2.75) is 20.5 Å². The minimum Gasteiger partial charge on any atom is -0.480 e. The highest BCUT2D eigenvalue weighted by Crippen LogP contribution is 2.26. The van der Waals surface area contributed by atoms with E-state index in [0.29, 0.717) is 11.1 Å². The molecule has 0 saturated heterocycles. The lowest BCUT2D eigenvalue weighted by atomic mass is 10.0. The maximum atomic E-state index is 12.2. The third kappa shape index (κ3) is 3.91. The number of amides is 1. The van der Waals surface area contributed by atoms with E-state index in [9.17, 15) is 18.4 Å². The zero-order chi connectivity index (χ0) is 15.4. The zero-order valence-corrected chi connectivity index (χ0v) is 11.3. The van der Waals surface area contributed by atoms with E-state index in [4.69, 9.17) is 5.11 Å². The molecule has 5 nitrogen and oxygen atoms in total. The Morgan fingerprint density at radius 2 is 1.80 bits per heavy atom. The standard InChI is InChI=1S/C13H15F2NO4/c1-7-4-9(12(19)16(3)6-10(17)18)5-8(2)11(7)20-13(14)15/h4-5,13H,6H2,1-3H3,(H,17,18). The SMILES string of the molecule is Cc1cc(C(=O)N(C)CC(=O)O)cc(C)c1OC(F)F. The lowest BCUT2D eigenvalue weighted by Gasteiger charge is -2.17. The summed E-state index contributed by atoms with van der Waals surface area (Å²) >= 11 is 0. The van der Waals surface area contributed by atoms with Crippen LogP contribution < -0.4 is 4.74 Å². The summed E-state index contributed by atoms with van der Waals surface area (Å²) in [7, 11) is 1.35. The lowest BCUT2D eigenvalue weighted by molar-refractivity contribution is -0.137. The fourth-order valence-corrected chi connectivity index (χ4v) is 1.84. The Morgan fingerprint density at radius 3 is 2.20 bits per heavy atom. The number of aryl methyl sites for hydroxylation is 2. The van der Waals surface area contributed by atoms with Gasteiger partial charge in [0.1, 0.15) is 12.3 Å². The summed E-state index contributed by atoms with van der Waals surface area (Å²) in [5.74, 6) is -1.61. The van der Waals surface area contributed by atoms with E-state index in [-0.39, 0.29) is 11.3 Å². The van der Waals surface area contributed by atoms with Crippen LogP contribution in [-0.4, -0.2) is 42.1 Å². The van der Waals surface area contributed by atoms with Gasteiger partial charge in [-0.2, -0.15) is 8.78 Å². The van der Waals surface area contributed by atoms with Crippen molar-refractivity contribution in [2.75, 3.05) is 13.6 Å². The van der Waals surface area contributed by atoms with Gasteiger partial charge in [-0.25, -0.2) is 0 Å². The molecule has 20 heavy (non-hydrogen) atoms. The molecule has 1 N–H and O–H groups in total. The third-order valence-electron chi connectivity index (χ3n) is 2.63. The smallest absolute Gasteiger partial charge is 0.387 e. The highest BCUT2D eigenvalue weighted by molar-refractivity contribution is 5.96. The summed E-state index contributed by atoms with van der Waals surface area (Å²) in [4.78, 5) is 23.6. The van der Waals surface area contributed by atoms with Crippen molar-refractivity contribution in [3.8, 4) is 5.75 Å². The van der Waals surface area contributed by atoms with Crippen LogP contribution in [-0.2, 0) is 4.79 Å². The third-order valence-corrected chi connectivity index (χ3v) is 2.63. The average Bonchev–Trinajstić information content (AvgIpc) is 2.31. The molecule has 0 aromatic heterocycles. The number of carbonyl (C=O) groups is 2. The largest absolute Gasteiger partial charge is 0.480 e. The van der Waals surface area contributed by atoms with Gasteiger partial charge >= 0.3 is 12.6 Å². The van der Waals surface area contributed by atoms with Crippen LogP contribution in [0.15, 0.2) is 12.1 Å². The number of nitrogens with zero attached hydrogens (tertiary/aromatic N) is 1. The van der Waals surface area contributed by atoms with Crippen LogP contribution in [0.3, 0.4) is 0 Å². The van der Waals surface area contributed by atoms with E-state index in [1.807, 2.05) is 0 Å². The Morgan fingerprint density at radius 1 is 1.30 bits per heavy atom. The van der Waals surface area contributed by atoms with Crippen molar-refractivity contribution in [1.29, 1.82) is 0 Å². The number of aliphatic carboxylic acids is 1. The number of hydrogen-bond acceptors (Lipinski definition) is 3. The Bertz CT molecular complexity index is 508. The quantitative estimate of drug-likeness (QED) is 0.900. The molecule has 1 aromatic carbocycles. The molecule has 7 heteroatoms. The number of carboxylic acid groups (broad SMARTS) is 1. The van der Waals surface area contributed by atoms with Gasteiger partial charge in [-0.3, -0.25) is 9.59 Å². The molecule has 0 aliphatic rings. The van der Waals surface area contributed by atoms with Crippen LogP contribution in [0.25, 0.3) is 0 Å². The highest BCUT2D eigenvalue weighted by atomic mass is 19.3. The second-order valence-electron chi connectivity index (χ2n) is 4.37. The van der Waals surface area contributed by atoms with Gasteiger partial charge in [-0.1, -0.05) is 0 Å². The molecule has 1 amide bonds. The topological polar surface area (TPSA) is 66.8 Å². The van der Waals surface area contributed by atoms with Crippen molar-refractivity contribution in [1.82, 2.24) is 4.90 Å². The number of ether oxygens (including phenoxy) is 1. The molecule has 0 radical (unpaired) electrons. The summed E-state index contributed by atoms with van der Waals surface area (Å²) in [6.45, 7) is -0.299. The van der Waals surface area contributed by atoms with Gasteiger partial charge in [0.15, 0.2) is 0 Å². The van der Waals surface area contributed by atoms with Gasteiger partial charge < -0.3 is 14.7 Å². The lowest BCUT2D eigenvalue weighted by Crippen LogP contribution is -2.32. The Balaban J connectivity index is 3.04. The number of benzene rings is 1. The van der Waals surface area contributed by atoms with Crippen LogP contribution in [0.4, 0.5) is 8.78 Å². The maximum Gasteiger partial charge on any atom is 0.387 e. The molecule has 1 rings (SSSR count). The van der Waals surface area contributed by atoms with Crippen molar-refractivity contribution in [2.24, 2.45) is 0 Å². The number of halogens is 2. The normalized spacial score (nSPS) is 10.5. The molecule has 0 aliphatic carbocycles. The summed E-state index contributed by atoms with van der Waals surface area (Å²) in [6, 6.07) is 2.79. The average molecular weight is 287 g/mol. The van der Waals surface area contributed by atoms with E-state index in [1.165, 1.54) is 19.2 Å². The molecule has 0 saturated carbocycles. The van der Waals surface area contributed by atoms with Gasteiger partial charge in [0, 0.05) is 12.6 Å². The number of hydrogen-bond donors (Lipinski definition) is 1. The first-order valence-electron chi connectivity index (χ1n) is 5.75. The molecule has 0 bridgehead atoms. The fourth-order valence-electron chi connectivity index (χ4n) is 1.84. The second-order valence-corrected chi connectivity index (χ2v) is 4.37. The molecule has 0 unspecified atom stereocenters. The molecule has 1 aromatic rings. The van der Waals surface area contributed by atoms with Gasteiger partial charge in [-0.15, -0.1) is 0 Å². The number of rotatable bonds is 5. The Kier molecular flexibility index (Phi) is 5.01. The van der Waals surface area contributed by atoms with Crippen LogP contribution in [0, 0.1) is 13.8 Å². The number of carboxylic acids is 1. The molecule has 0 heterocycles. The number of likely N-dealkylation sites (N-methyl/N-ethyl adjacent to an activating group) is 1. The minimum atomic E-state index is -2.94. The predicted molar refractivity (Wildman–Crippen MR) is 67.1 cm³/mol. The molecular formula is C13H15F2NO4. The molecule has 110 valence electrons. The molecule has 0 spiro atoms. The molecule has 0 aliphatic heterocycles. The summed E-state index contributed by atoms with van der Waals surface area (Å²) < 4.78 is 28.9. The van der Waals surface area contributed by atoms with E-state index >= 15 is 0 Å². The first-order valence-corrected chi connectivity index (χ1v) is 5.75. The maximum absolute atomic E-state index is 12.2. The van der Waals surface area contributed by atoms with E-state index < -0.39 is 25.0 Å². The molecule has 0 atom stereocenters. The van der Waals surface area contributed by atoms with Crippen molar-refractivity contribution in [3.63, 3.8) is 0 Å². The second kappa shape index (κ2) is 6.31. The minimum absolute atomic E-state index is 0.0254. The molecular weight excluding hydrogens is 272 g/mol. The first kappa shape index (κ1) is 15.9. The van der Waals surface area contributed by atoms with Gasteiger partial charge in [0.05, 0.1) is 0 Å². The van der Waals surface area contributed by atoms with E-state index in [1.54, 1.807) is 13.8 Å². The summed E-state index contributed by atoms with van der Waals surface area (Å²) in [5.41, 5.74) is 1.00. The summed E-state index contributed by atoms with van der Waals surface area (Å²) in [6.07, 6.45) is 0. The predicted octanol–water partition coefficient (Wildman–Crippen LogP) is 2.06. The Labute approximate surface area is 114 Å². The number of carbonyl (C=O) groups excluding carboxylic acids is 1. The van der Waals surface area contributed by atoms with Crippen LogP contribution in [0.5, 0.6) is 5.75 Å². The molecule has 0 fully saturated rings. The van der Waals surface area contributed by atoms with Gasteiger partial charge in [0.2, 0.25) is 0 Å². The highest BCUT2D eigenvalue weighted by Gasteiger charge is 2.18. The van der Waals surface area contributed by atoms with Crippen LogP contribution in [0.2, 0.25) is 0 Å². The fraction of sp³-hybridized carbons (Fsp3) is 0.385.